The molecule has 0 fully saturated rings. The summed E-state index contributed by atoms with van der Waals surface area (Å²) in [6.07, 6.45) is 0.692. The van der Waals surface area contributed by atoms with Crippen LogP contribution in [0.25, 0.3) is 0 Å². The van der Waals surface area contributed by atoms with Gasteiger partial charge in [-0.05, 0) is 36.2 Å². The van der Waals surface area contributed by atoms with Crippen molar-refractivity contribution in [3.8, 4) is 6.07 Å². The molecule has 1 heterocycles. The number of nitriles is 1. The van der Waals surface area contributed by atoms with Crippen molar-refractivity contribution in [3.05, 3.63) is 65.2 Å². The molecule has 0 spiro atoms. The Morgan fingerprint density at radius 2 is 1.91 bits per heavy atom. The van der Waals surface area contributed by atoms with Gasteiger partial charge >= 0.3 is 0 Å². The lowest BCUT2D eigenvalue weighted by Crippen LogP contribution is -2.43. The van der Waals surface area contributed by atoms with E-state index in [-0.39, 0.29) is 12.1 Å². The van der Waals surface area contributed by atoms with Gasteiger partial charge in [-0.2, -0.15) is 5.26 Å². The minimum absolute atomic E-state index is 0.0468. The molecule has 0 aliphatic carbocycles. The Hall–Kier alpha value is -2.80. The molecule has 2 aromatic rings. The smallest absolute Gasteiger partial charge is 0.257 e. The van der Waals surface area contributed by atoms with Crippen molar-refractivity contribution in [2.45, 2.75) is 19.5 Å². The van der Waals surface area contributed by atoms with Crippen molar-refractivity contribution >= 4 is 11.6 Å². The SMILES string of the molecule is CCCN1C(=O)c2ccccc2N[C@H]1c1ccc(C#N)cc1. The van der Waals surface area contributed by atoms with Crippen molar-refractivity contribution < 1.29 is 4.79 Å². The zero-order chi connectivity index (χ0) is 15.5. The van der Waals surface area contributed by atoms with Gasteiger partial charge in [0.15, 0.2) is 0 Å². The van der Waals surface area contributed by atoms with Crippen LogP contribution in [0.15, 0.2) is 48.5 Å². The van der Waals surface area contributed by atoms with E-state index in [1.807, 2.05) is 41.3 Å². The predicted octanol–water partition coefficient (Wildman–Crippen LogP) is 3.53. The first kappa shape index (κ1) is 14.2. The number of hydrogen-bond acceptors (Lipinski definition) is 3. The topological polar surface area (TPSA) is 56.1 Å². The maximum atomic E-state index is 12.7. The molecular formula is C18H17N3O. The molecular weight excluding hydrogens is 274 g/mol. The Morgan fingerprint density at radius 3 is 2.59 bits per heavy atom. The van der Waals surface area contributed by atoms with E-state index in [1.54, 1.807) is 12.1 Å². The molecule has 0 aromatic heterocycles. The van der Waals surface area contributed by atoms with Gasteiger partial charge in [-0.1, -0.05) is 31.2 Å². The van der Waals surface area contributed by atoms with Crippen LogP contribution >= 0.6 is 0 Å². The quantitative estimate of drug-likeness (QED) is 0.941. The van der Waals surface area contributed by atoms with Gasteiger partial charge in [0.2, 0.25) is 0 Å². The number of nitrogens with one attached hydrogen (secondary N) is 1. The molecule has 1 aliphatic rings. The number of amides is 1. The molecule has 2 aromatic carbocycles. The first-order valence-electron chi connectivity index (χ1n) is 7.41. The van der Waals surface area contributed by atoms with Gasteiger partial charge in [-0.3, -0.25) is 4.79 Å². The zero-order valence-electron chi connectivity index (χ0n) is 12.4. The van der Waals surface area contributed by atoms with E-state index in [4.69, 9.17) is 5.26 Å². The molecule has 1 N–H and O–H groups in total. The zero-order valence-corrected chi connectivity index (χ0v) is 12.4. The van der Waals surface area contributed by atoms with Gasteiger partial charge < -0.3 is 10.2 Å². The molecule has 0 bridgehead atoms. The summed E-state index contributed by atoms with van der Waals surface area (Å²) >= 11 is 0. The van der Waals surface area contributed by atoms with Gasteiger partial charge in [-0.25, -0.2) is 0 Å². The van der Waals surface area contributed by atoms with Crippen molar-refractivity contribution in [2.24, 2.45) is 0 Å². The minimum Gasteiger partial charge on any atom is -0.361 e. The number of anilines is 1. The van der Waals surface area contributed by atoms with Gasteiger partial charge in [0.25, 0.3) is 5.91 Å². The van der Waals surface area contributed by atoms with E-state index in [0.717, 1.165) is 17.7 Å². The summed E-state index contributed by atoms with van der Waals surface area (Å²) < 4.78 is 0. The van der Waals surface area contributed by atoms with Gasteiger partial charge in [0, 0.05) is 12.2 Å². The highest BCUT2D eigenvalue weighted by molar-refractivity contribution is 6.01. The second kappa shape index (κ2) is 5.90. The monoisotopic (exact) mass is 291 g/mol. The first-order chi connectivity index (χ1) is 10.7. The molecule has 4 heteroatoms. The highest BCUT2D eigenvalue weighted by Gasteiger charge is 2.31. The number of carbonyl (C=O) groups excluding carboxylic acids is 1. The summed E-state index contributed by atoms with van der Waals surface area (Å²) in [6.45, 7) is 2.74. The van der Waals surface area contributed by atoms with E-state index in [0.29, 0.717) is 17.7 Å². The molecule has 110 valence electrons. The second-order valence-corrected chi connectivity index (χ2v) is 5.32. The fourth-order valence-electron chi connectivity index (χ4n) is 2.77. The third kappa shape index (κ3) is 2.42. The van der Waals surface area contributed by atoms with E-state index in [1.165, 1.54) is 0 Å². The number of hydrogen-bond donors (Lipinski definition) is 1. The molecule has 4 nitrogen and oxygen atoms in total. The Bertz CT molecular complexity index is 731. The van der Waals surface area contributed by atoms with E-state index < -0.39 is 0 Å². The van der Waals surface area contributed by atoms with Crippen LogP contribution in [0.4, 0.5) is 5.69 Å². The lowest BCUT2D eigenvalue weighted by molar-refractivity contribution is 0.0683. The van der Waals surface area contributed by atoms with Crippen LogP contribution in [0.3, 0.4) is 0 Å². The molecule has 0 radical (unpaired) electrons. The summed E-state index contributed by atoms with van der Waals surface area (Å²) in [4.78, 5) is 14.6. The van der Waals surface area contributed by atoms with E-state index in [9.17, 15) is 4.79 Å². The maximum absolute atomic E-state index is 12.7. The van der Waals surface area contributed by atoms with Crippen LogP contribution < -0.4 is 5.32 Å². The van der Waals surface area contributed by atoms with Crippen LogP contribution in [-0.2, 0) is 0 Å². The van der Waals surface area contributed by atoms with Gasteiger partial charge in [0.05, 0.1) is 17.2 Å². The van der Waals surface area contributed by atoms with Crippen LogP contribution in [0.2, 0.25) is 0 Å². The number of nitrogens with zero attached hydrogens (tertiary/aromatic N) is 2. The number of rotatable bonds is 3. The number of benzene rings is 2. The summed E-state index contributed by atoms with van der Waals surface area (Å²) in [5.41, 5.74) is 3.17. The summed E-state index contributed by atoms with van der Waals surface area (Å²) in [5.74, 6) is 0.0468. The molecule has 0 saturated carbocycles. The number of fused-ring (bicyclic) bond motifs is 1. The maximum Gasteiger partial charge on any atom is 0.257 e. The standard InChI is InChI=1S/C18H17N3O/c1-2-11-21-17(14-9-7-13(12-19)8-10-14)20-16-6-4-3-5-15(16)18(21)22/h3-10,17,20H,2,11H2,1H3/t17-/m1/s1. The Kier molecular flexibility index (Phi) is 3.80. The van der Waals surface area contributed by atoms with Crippen LogP contribution in [-0.4, -0.2) is 17.4 Å². The Morgan fingerprint density at radius 1 is 1.18 bits per heavy atom. The summed E-state index contributed by atoms with van der Waals surface area (Å²) in [5, 5.41) is 12.4. The van der Waals surface area contributed by atoms with Gasteiger partial charge in [-0.15, -0.1) is 0 Å². The van der Waals surface area contributed by atoms with Crippen LogP contribution in [0.1, 0.15) is 41.0 Å². The van der Waals surface area contributed by atoms with Crippen molar-refractivity contribution in [2.75, 3.05) is 11.9 Å². The fraction of sp³-hybridized carbons (Fsp3) is 0.222. The molecule has 1 amide bonds. The largest absolute Gasteiger partial charge is 0.361 e. The van der Waals surface area contributed by atoms with Crippen molar-refractivity contribution in [1.82, 2.24) is 4.90 Å². The normalized spacial score (nSPS) is 16.6. The molecule has 3 rings (SSSR count). The summed E-state index contributed by atoms with van der Waals surface area (Å²) in [6, 6.07) is 17.1. The van der Waals surface area contributed by atoms with Crippen LogP contribution in [0.5, 0.6) is 0 Å². The highest BCUT2D eigenvalue weighted by atomic mass is 16.2. The number of para-hydroxylation sites is 1. The number of carbonyl (C=O) groups is 1. The van der Waals surface area contributed by atoms with Crippen LogP contribution in [0, 0.1) is 11.3 Å². The average molecular weight is 291 g/mol. The van der Waals surface area contributed by atoms with Gasteiger partial charge in [0.1, 0.15) is 6.17 Å². The summed E-state index contributed by atoms with van der Waals surface area (Å²) in [7, 11) is 0. The van der Waals surface area contributed by atoms with Crippen molar-refractivity contribution in [1.29, 1.82) is 5.26 Å². The van der Waals surface area contributed by atoms with Crippen molar-refractivity contribution in [3.63, 3.8) is 0 Å². The fourth-order valence-corrected chi connectivity index (χ4v) is 2.77. The molecule has 0 unspecified atom stereocenters. The first-order valence-corrected chi connectivity index (χ1v) is 7.41. The third-order valence-corrected chi connectivity index (χ3v) is 3.84. The third-order valence-electron chi connectivity index (χ3n) is 3.84. The Labute approximate surface area is 130 Å². The molecule has 22 heavy (non-hydrogen) atoms. The molecule has 1 aliphatic heterocycles. The molecule has 1 atom stereocenters. The lowest BCUT2D eigenvalue weighted by atomic mass is 10.0. The minimum atomic E-state index is -0.199. The second-order valence-electron chi connectivity index (χ2n) is 5.32. The van der Waals surface area contributed by atoms with E-state index in [2.05, 4.69) is 18.3 Å². The highest BCUT2D eigenvalue weighted by Crippen LogP contribution is 2.33. The molecule has 0 saturated heterocycles. The predicted molar refractivity (Wildman–Crippen MR) is 85.3 cm³/mol. The van der Waals surface area contributed by atoms with E-state index >= 15 is 0 Å². The average Bonchev–Trinajstić information content (AvgIpc) is 2.57. The Balaban J connectivity index is 2.01. The lowest BCUT2D eigenvalue weighted by Gasteiger charge is -2.38.